The van der Waals surface area contributed by atoms with Crippen molar-refractivity contribution in [3.63, 3.8) is 0 Å². The minimum atomic E-state index is -4.63. The number of rotatable bonds is 33. The maximum atomic E-state index is 12.3. The molecule has 0 rings (SSSR count). The molecule has 0 aromatic rings. The molecule has 0 radical (unpaired) electrons. The quantitative estimate of drug-likeness (QED) is 0.0435. The molecule has 0 saturated heterocycles. The minimum Gasteiger partial charge on any atom is -0.457 e. The van der Waals surface area contributed by atoms with Gasteiger partial charge in [0.2, 0.25) is 0 Å². The summed E-state index contributed by atoms with van der Waals surface area (Å²) in [6.07, 6.45) is 30.9. The monoisotopic (exact) mass is 606 g/mol. The van der Waals surface area contributed by atoms with E-state index < -0.39 is 13.9 Å². The highest BCUT2D eigenvalue weighted by atomic mass is 31.2. The van der Waals surface area contributed by atoms with Gasteiger partial charge in [-0.2, -0.15) is 0 Å². The Balaban J connectivity index is 3.81. The highest BCUT2D eigenvalue weighted by Gasteiger charge is 2.21. The first-order valence-electron chi connectivity index (χ1n) is 17.4. The molecule has 0 aromatic heterocycles. The van der Waals surface area contributed by atoms with Gasteiger partial charge in [-0.05, 0) is 12.8 Å². The summed E-state index contributed by atoms with van der Waals surface area (Å²) in [5, 5.41) is 0. The minimum absolute atomic E-state index is 0.0858. The lowest BCUT2D eigenvalue weighted by molar-refractivity contribution is -0.154. The van der Waals surface area contributed by atoms with E-state index in [1.807, 2.05) is 0 Å². The molecular formula is C33H67O7P. The van der Waals surface area contributed by atoms with Gasteiger partial charge in [-0.3, -0.25) is 9.32 Å². The van der Waals surface area contributed by atoms with Gasteiger partial charge in [-0.25, -0.2) is 4.57 Å². The fraction of sp³-hybridized carbons (Fsp3) is 0.970. The second kappa shape index (κ2) is 31.0. The number of carbonyl (C=O) groups excluding carboxylic acids is 1. The summed E-state index contributed by atoms with van der Waals surface area (Å²) >= 11 is 0. The number of phosphoric acid groups is 1. The summed E-state index contributed by atoms with van der Waals surface area (Å²) in [5.41, 5.74) is 0. The summed E-state index contributed by atoms with van der Waals surface area (Å²) in [4.78, 5) is 30.4. The Bertz CT molecular complexity index is 596. The lowest BCUT2D eigenvalue weighted by Gasteiger charge is -2.18. The Morgan fingerprint density at radius 1 is 0.561 bits per heavy atom. The van der Waals surface area contributed by atoms with Crippen molar-refractivity contribution >= 4 is 13.8 Å². The average molecular weight is 607 g/mol. The molecule has 0 aliphatic rings. The molecule has 0 fully saturated rings. The molecule has 0 aromatic carbocycles. The molecule has 0 heterocycles. The maximum absolute atomic E-state index is 12.3. The molecule has 0 amide bonds. The smallest absolute Gasteiger partial charge is 0.457 e. The van der Waals surface area contributed by atoms with E-state index in [0.29, 0.717) is 13.0 Å². The van der Waals surface area contributed by atoms with Crippen LogP contribution < -0.4 is 0 Å². The normalized spacial score (nSPS) is 12.6. The van der Waals surface area contributed by atoms with Gasteiger partial charge in [0.15, 0.2) is 0 Å². The molecule has 0 aliphatic heterocycles. The second-order valence-corrected chi connectivity index (χ2v) is 13.1. The van der Waals surface area contributed by atoms with E-state index >= 15 is 0 Å². The number of phosphoric ester groups is 1. The molecule has 7 nitrogen and oxygen atoms in total. The summed E-state index contributed by atoms with van der Waals surface area (Å²) in [6, 6.07) is 0. The van der Waals surface area contributed by atoms with Crippen LogP contribution in [-0.4, -0.2) is 41.7 Å². The van der Waals surface area contributed by atoms with Crippen molar-refractivity contribution in [3.05, 3.63) is 0 Å². The molecular weight excluding hydrogens is 539 g/mol. The molecule has 1 atom stereocenters. The van der Waals surface area contributed by atoms with Crippen LogP contribution in [0, 0.1) is 0 Å². The Morgan fingerprint density at radius 2 is 0.927 bits per heavy atom. The van der Waals surface area contributed by atoms with E-state index in [2.05, 4.69) is 18.4 Å². The average Bonchev–Trinajstić information content (AvgIpc) is 2.93. The number of esters is 1. The first-order valence-corrected chi connectivity index (χ1v) is 18.9. The summed E-state index contributed by atoms with van der Waals surface area (Å²) < 4.78 is 26.8. The third kappa shape index (κ3) is 33.9. The Hall–Kier alpha value is -0.460. The van der Waals surface area contributed by atoms with Crippen molar-refractivity contribution in [3.8, 4) is 0 Å². The van der Waals surface area contributed by atoms with Gasteiger partial charge in [-0.1, -0.05) is 162 Å². The zero-order valence-corrected chi connectivity index (χ0v) is 27.9. The van der Waals surface area contributed by atoms with Crippen LogP contribution in [0.5, 0.6) is 0 Å². The SMILES string of the molecule is CCCCCCCCCCCCCCCCOCC(COP(=O)(O)O)OC(=O)CCCCCCCCCCCCC. The summed E-state index contributed by atoms with van der Waals surface area (Å²) in [5.74, 6) is -0.361. The van der Waals surface area contributed by atoms with Gasteiger partial charge < -0.3 is 19.3 Å². The van der Waals surface area contributed by atoms with E-state index in [-0.39, 0.29) is 19.2 Å². The first-order chi connectivity index (χ1) is 19.9. The molecule has 0 aliphatic carbocycles. The van der Waals surface area contributed by atoms with E-state index in [1.54, 1.807) is 0 Å². The zero-order chi connectivity index (χ0) is 30.3. The molecule has 41 heavy (non-hydrogen) atoms. The molecule has 0 bridgehead atoms. The van der Waals surface area contributed by atoms with Crippen molar-refractivity contribution in [2.45, 2.75) is 187 Å². The summed E-state index contributed by atoms with van der Waals surface area (Å²) in [6.45, 7) is 4.76. The Kier molecular flexibility index (Phi) is 30.6. The van der Waals surface area contributed by atoms with Crippen LogP contribution in [0.25, 0.3) is 0 Å². The van der Waals surface area contributed by atoms with Crippen molar-refractivity contribution < 1.29 is 33.1 Å². The van der Waals surface area contributed by atoms with E-state index in [4.69, 9.17) is 19.3 Å². The van der Waals surface area contributed by atoms with Gasteiger partial charge in [0.25, 0.3) is 0 Å². The van der Waals surface area contributed by atoms with Crippen molar-refractivity contribution in [1.82, 2.24) is 0 Å². The molecule has 2 N–H and O–H groups in total. The first kappa shape index (κ1) is 40.5. The van der Waals surface area contributed by atoms with Crippen LogP contribution in [0.2, 0.25) is 0 Å². The molecule has 0 saturated carbocycles. The van der Waals surface area contributed by atoms with Gasteiger partial charge in [-0.15, -0.1) is 0 Å². The van der Waals surface area contributed by atoms with Crippen LogP contribution in [0.15, 0.2) is 0 Å². The maximum Gasteiger partial charge on any atom is 0.469 e. The third-order valence-corrected chi connectivity index (χ3v) is 8.14. The summed E-state index contributed by atoms with van der Waals surface area (Å²) in [7, 11) is -4.63. The predicted octanol–water partition coefficient (Wildman–Crippen LogP) is 10.2. The zero-order valence-electron chi connectivity index (χ0n) is 27.0. The fourth-order valence-corrected chi connectivity index (χ4v) is 5.45. The van der Waals surface area contributed by atoms with Crippen molar-refractivity contribution in [2.24, 2.45) is 0 Å². The van der Waals surface area contributed by atoms with Crippen LogP contribution in [0.3, 0.4) is 0 Å². The van der Waals surface area contributed by atoms with E-state index in [0.717, 1.165) is 32.1 Å². The van der Waals surface area contributed by atoms with Crippen LogP contribution in [-0.2, 0) is 23.4 Å². The fourth-order valence-electron chi connectivity index (χ4n) is 5.09. The highest BCUT2D eigenvalue weighted by molar-refractivity contribution is 7.46. The molecule has 0 spiro atoms. The van der Waals surface area contributed by atoms with E-state index in [1.165, 1.54) is 128 Å². The lowest BCUT2D eigenvalue weighted by atomic mass is 10.0. The number of ether oxygens (including phenoxy) is 2. The molecule has 1 unspecified atom stereocenters. The van der Waals surface area contributed by atoms with Gasteiger partial charge in [0, 0.05) is 13.0 Å². The number of unbranched alkanes of at least 4 members (excludes halogenated alkanes) is 23. The lowest BCUT2D eigenvalue weighted by Crippen LogP contribution is -2.28. The number of carbonyl (C=O) groups is 1. The van der Waals surface area contributed by atoms with Gasteiger partial charge >= 0.3 is 13.8 Å². The topological polar surface area (TPSA) is 102 Å². The van der Waals surface area contributed by atoms with Crippen molar-refractivity contribution in [2.75, 3.05) is 19.8 Å². The van der Waals surface area contributed by atoms with Crippen LogP contribution >= 0.6 is 7.82 Å². The van der Waals surface area contributed by atoms with Crippen LogP contribution in [0.4, 0.5) is 0 Å². The van der Waals surface area contributed by atoms with Crippen molar-refractivity contribution in [1.29, 1.82) is 0 Å². The highest BCUT2D eigenvalue weighted by Crippen LogP contribution is 2.35. The second-order valence-electron chi connectivity index (χ2n) is 11.9. The van der Waals surface area contributed by atoms with Gasteiger partial charge in [0.05, 0.1) is 13.2 Å². The third-order valence-electron chi connectivity index (χ3n) is 7.66. The van der Waals surface area contributed by atoms with Gasteiger partial charge in [0.1, 0.15) is 6.10 Å². The standard InChI is InChI=1S/C33H67O7P/c1-3-5-7-9-11-13-15-16-17-19-21-23-25-27-29-38-30-32(31-39-41(35,36)37)40-33(34)28-26-24-22-20-18-14-12-10-8-6-4-2/h32H,3-31H2,1-2H3,(H2,35,36,37). The Morgan fingerprint density at radius 3 is 1.32 bits per heavy atom. The van der Waals surface area contributed by atoms with Crippen LogP contribution in [0.1, 0.15) is 181 Å². The Labute approximate surface area is 253 Å². The predicted molar refractivity (Wildman–Crippen MR) is 170 cm³/mol. The number of hydrogen-bond donors (Lipinski definition) is 2. The van der Waals surface area contributed by atoms with E-state index in [9.17, 15) is 9.36 Å². The molecule has 8 heteroatoms. The largest absolute Gasteiger partial charge is 0.469 e. The number of hydrogen-bond acceptors (Lipinski definition) is 5. The molecule has 246 valence electrons.